The first-order chi connectivity index (χ1) is 11.1. The Kier molecular flexibility index (Phi) is 4.28. The van der Waals surface area contributed by atoms with Crippen molar-refractivity contribution in [1.29, 1.82) is 0 Å². The van der Waals surface area contributed by atoms with Gasteiger partial charge in [-0.05, 0) is 30.2 Å². The van der Waals surface area contributed by atoms with E-state index in [0.29, 0.717) is 19.4 Å². The van der Waals surface area contributed by atoms with Crippen LogP contribution in [0.25, 0.3) is 0 Å². The topological polar surface area (TPSA) is 75.6 Å². The second-order valence-corrected chi connectivity index (χ2v) is 5.47. The Balaban J connectivity index is 1.53. The van der Waals surface area contributed by atoms with Gasteiger partial charge in [0.25, 0.3) is 0 Å². The molecule has 0 aromatic heterocycles. The highest BCUT2D eigenvalue weighted by Gasteiger charge is 2.24. The van der Waals surface area contributed by atoms with Crippen LogP contribution in [0.4, 0.5) is 0 Å². The number of benzene rings is 2. The van der Waals surface area contributed by atoms with Crippen molar-refractivity contribution in [3.63, 3.8) is 0 Å². The lowest BCUT2D eigenvalue weighted by Gasteiger charge is -2.11. The van der Waals surface area contributed by atoms with Gasteiger partial charge in [-0.2, -0.15) is 0 Å². The molecule has 0 spiro atoms. The molecule has 0 fully saturated rings. The molecule has 2 N–H and O–H groups in total. The average molecular weight is 311 g/mol. The van der Waals surface area contributed by atoms with Crippen LogP contribution in [0, 0.1) is 0 Å². The van der Waals surface area contributed by atoms with Gasteiger partial charge in [-0.1, -0.05) is 30.3 Å². The number of nitrogens with one attached hydrogen (secondary N) is 1. The van der Waals surface area contributed by atoms with Crippen molar-refractivity contribution in [3.8, 4) is 5.75 Å². The number of carbonyl (C=O) groups excluding carboxylic acids is 1. The maximum absolute atomic E-state index is 12.1. The van der Waals surface area contributed by atoms with E-state index < -0.39 is 5.97 Å². The first kappa shape index (κ1) is 15.1. The van der Waals surface area contributed by atoms with Crippen LogP contribution < -0.4 is 10.1 Å². The second kappa shape index (κ2) is 6.52. The van der Waals surface area contributed by atoms with Crippen LogP contribution in [0.2, 0.25) is 0 Å². The molecule has 1 heterocycles. The minimum absolute atomic E-state index is 0.0439. The van der Waals surface area contributed by atoms with Crippen molar-refractivity contribution in [2.24, 2.45) is 0 Å². The highest BCUT2D eigenvalue weighted by atomic mass is 16.5. The zero-order valence-corrected chi connectivity index (χ0v) is 12.5. The lowest BCUT2D eigenvalue weighted by atomic mass is 10.1. The monoisotopic (exact) mass is 311 g/mol. The summed E-state index contributed by atoms with van der Waals surface area (Å²) in [4.78, 5) is 22.9. The number of aryl methyl sites for hydroxylation is 1. The molecule has 118 valence electrons. The first-order valence-corrected chi connectivity index (χ1v) is 7.47. The van der Waals surface area contributed by atoms with E-state index >= 15 is 0 Å². The number of ether oxygens (including phenoxy) is 1. The number of hydrogen-bond donors (Lipinski definition) is 2. The van der Waals surface area contributed by atoms with Crippen LogP contribution >= 0.6 is 0 Å². The molecular weight excluding hydrogens is 294 g/mol. The van der Waals surface area contributed by atoms with Gasteiger partial charge in [0.05, 0.1) is 11.6 Å². The summed E-state index contributed by atoms with van der Waals surface area (Å²) in [5, 5.41) is 11.8. The van der Waals surface area contributed by atoms with Crippen molar-refractivity contribution in [3.05, 3.63) is 65.2 Å². The van der Waals surface area contributed by atoms with Gasteiger partial charge < -0.3 is 15.2 Å². The number of carboxylic acid groups (broad SMARTS) is 1. The molecule has 1 aliphatic rings. The third kappa shape index (κ3) is 3.51. The predicted octanol–water partition coefficient (Wildman–Crippen LogP) is 2.57. The molecule has 0 unspecified atom stereocenters. The Labute approximate surface area is 133 Å². The third-order valence-electron chi connectivity index (χ3n) is 3.88. The van der Waals surface area contributed by atoms with Gasteiger partial charge in [0, 0.05) is 12.0 Å². The van der Waals surface area contributed by atoms with Crippen LogP contribution in [-0.2, 0) is 11.2 Å². The maximum atomic E-state index is 12.1. The summed E-state index contributed by atoms with van der Waals surface area (Å²) in [6.45, 7) is 0.457. The lowest BCUT2D eigenvalue weighted by molar-refractivity contribution is -0.121. The molecule has 0 saturated heterocycles. The van der Waals surface area contributed by atoms with Gasteiger partial charge in [0.1, 0.15) is 12.4 Å². The smallest absolute Gasteiger partial charge is 0.335 e. The van der Waals surface area contributed by atoms with E-state index in [2.05, 4.69) is 5.32 Å². The molecule has 2 aromatic rings. The molecule has 0 radical (unpaired) electrons. The summed E-state index contributed by atoms with van der Waals surface area (Å²) >= 11 is 0. The van der Waals surface area contributed by atoms with Crippen molar-refractivity contribution < 1.29 is 19.4 Å². The number of para-hydroxylation sites is 1. The van der Waals surface area contributed by atoms with Crippen LogP contribution in [0.3, 0.4) is 0 Å². The number of carbonyl (C=O) groups is 2. The fourth-order valence-corrected chi connectivity index (χ4v) is 2.62. The molecule has 0 saturated carbocycles. The molecule has 2 aromatic carbocycles. The summed E-state index contributed by atoms with van der Waals surface area (Å²) < 4.78 is 5.54. The van der Waals surface area contributed by atoms with Crippen LogP contribution in [0.1, 0.15) is 33.9 Å². The highest BCUT2D eigenvalue weighted by molar-refractivity contribution is 5.87. The molecular formula is C18H17NO4. The van der Waals surface area contributed by atoms with Gasteiger partial charge in [0.15, 0.2) is 0 Å². The number of hydrogen-bond acceptors (Lipinski definition) is 3. The average Bonchev–Trinajstić information content (AvgIpc) is 2.96. The summed E-state index contributed by atoms with van der Waals surface area (Å²) in [5.74, 6) is -0.172. The highest BCUT2D eigenvalue weighted by Crippen LogP contribution is 2.31. The van der Waals surface area contributed by atoms with Crippen molar-refractivity contribution in [2.45, 2.75) is 18.9 Å². The van der Waals surface area contributed by atoms with Crippen LogP contribution in [-0.4, -0.2) is 23.6 Å². The van der Waals surface area contributed by atoms with E-state index in [1.807, 2.05) is 24.3 Å². The Morgan fingerprint density at radius 1 is 1.13 bits per heavy atom. The second-order valence-electron chi connectivity index (χ2n) is 5.47. The third-order valence-corrected chi connectivity index (χ3v) is 3.88. The minimum Gasteiger partial charge on any atom is -0.491 e. The zero-order chi connectivity index (χ0) is 16.2. The number of carboxylic acids is 1. The molecule has 3 rings (SSSR count). The van der Waals surface area contributed by atoms with Crippen molar-refractivity contribution >= 4 is 11.9 Å². The van der Waals surface area contributed by atoms with Crippen molar-refractivity contribution in [2.75, 3.05) is 6.61 Å². The van der Waals surface area contributed by atoms with Crippen LogP contribution in [0.15, 0.2) is 48.5 Å². The largest absolute Gasteiger partial charge is 0.491 e. The molecule has 1 aliphatic heterocycles. The number of rotatable bonds is 5. The quantitative estimate of drug-likeness (QED) is 0.890. The minimum atomic E-state index is -0.950. The standard InChI is InChI=1S/C18H17NO4/c20-17(10-7-12-5-8-13(9-6-12)18(21)22)19-15-11-23-16-4-2-1-3-14(15)16/h1-6,8-9,15H,7,10-11H2,(H,19,20)(H,21,22)/t15-/m1/s1. The van der Waals surface area contributed by atoms with E-state index in [9.17, 15) is 9.59 Å². The van der Waals surface area contributed by atoms with E-state index in [4.69, 9.17) is 9.84 Å². The zero-order valence-electron chi connectivity index (χ0n) is 12.5. The SMILES string of the molecule is O=C(CCc1ccc(C(=O)O)cc1)N[C@@H]1COc2ccccc21. The van der Waals surface area contributed by atoms with Gasteiger partial charge in [-0.3, -0.25) is 4.79 Å². The first-order valence-electron chi connectivity index (χ1n) is 7.47. The van der Waals surface area contributed by atoms with E-state index in [0.717, 1.165) is 16.9 Å². The van der Waals surface area contributed by atoms with Crippen LogP contribution in [0.5, 0.6) is 5.75 Å². The number of fused-ring (bicyclic) bond motifs is 1. The molecule has 23 heavy (non-hydrogen) atoms. The summed E-state index contributed by atoms with van der Waals surface area (Å²) in [5.41, 5.74) is 2.19. The fraction of sp³-hybridized carbons (Fsp3) is 0.222. The lowest BCUT2D eigenvalue weighted by Crippen LogP contribution is -2.29. The predicted molar refractivity (Wildman–Crippen MR) is 84.5 cm³/mol. The summed E-state index contributed by atoms with van der Waals surface area (Å²) in [6.07, 6.45) is 0.923. The molecule has 1 atom stereocenters. The Bertz CT molecular complexity index is 724. The Morgan fingerprint density at radius 2 is 1.87 bits per heavy atom. The summed E-state index contributed by atoms with van der Waals surface area (Å²) in [7, 11) is 0. The van der Waals surface area contributed by atoms with E-state index in [1.54, 1.807) is 24.3 Å². The molecule has 5 nitrogen and oxygen atoms in total. The van der Waals surface area contributed by atoms with Gasteiger partial charge in [-0.15, -0.1) is 0 Å². The number of aromatic carboxylic acids is 1. The van der Waals surface area contributed by atoms with Gasteiger partial charge in [0.2, 0.25) is 5.91 Å². The summed E-state index contributed by atoms with van der Waals surface area (Å²) in [6, 6.07) is 14.2. The maximum Gasteiger partial charge on any atom is 0.335 e. The molecule has 0 bridgehead atoms. The molecule has 0 aliphatic carbocycles. The van der Waals surface area contributed by atoms with E-state index in [1.165, 1.54) is 0 Å². The number of amides is 1. The van der Waals surface area contributed by atoms with Gasteiger partial charge in [-0.25, -0.2) is 4.79 Å². The Morgan fingerprint density at radius 3 is 2.61 bits per heavy atom. The molecule has 1 amide bonds. The van der Waals surface area contributed by atoms with Crippen molar-refractivity contribution in [1.82, 2.24) is 5.32 Å². The van der Waals surface area contributed by atoms with E-state index in [-0.39, 0.29) is 17.5 Å². The fourth-order valence-electron chi connectivity index (χ4n) is 2.62. The van der Waals surface area contributed by atoms with Gasteiger partial charge >= 0.3 is 5.97 Å². The normalized spacial score (nSPS) is 15.6. The Hall–Kier alpha value is -2.82. The molecule has 5 heteroatoms.